The molecular weight excluding hydrogens is 386 g/mol. The van der Waals surface area contributed by atoms with Crippen molar-refractivity contribution in [1.29, 1.82) is 0 Å². The molecule has 2 aromatic heterocycles. The molecule has 30 heavy (non-hydrogen) atoms. The number of ether oxygens (including phenoxy) is 2. The average molecular weight is 407 g/mol. The fourth-order valence-electron chi connectivity index (χ4n) is 4.30. The zero-order valence-corrected chi connectivity index (χ0v) is 16.4. The van der Waals surface area contributed by atoms with Gasteiger partial charge in [0.25, 0.3) is 5.56 Å². The molecule has 5 rings (SSSR count). The van der Waals surface area contributed by atoms with Crippen LogP contribution in [0, 0.1) is 0 Å². The van der Waals surface area contributed by atoms with E-state index in [2.05, 4.69) is 0 Å². The Morgan fingerprint density at radius 3 is 2.90 bits per heavy atom. The molecule has 3 N–H and O–H groups in total. The molecule has 1 unspecified atom stereocenters. The van der Waals surface area contributed by atoms with Crippen LogP contribution in [0.15, 0.2) is 41.2 Å². The van der Waals surface area contributed by atoms with Gasteiger partial charge in [0.2, 0.25) is 0 Å². The molecule has 0 aliphatic carbocycles. The molecule has 0 saturated carbocycles. The summed E-state index contributed by atoms with van der Waals surface area (Å²) < 4.78 is 12.6. The summed E-state index contributed by atoms with van der Waals surface area (Å²) in [5.74, 6) is -0.748. The van der Waals surface area contributed by atoms with E-state index in [1.165, 1.54) is 4.57 Å². The van der Waals surface area contributed by atoms with Gasteiger partial charge in [-0.2, -0.15) is 0 Å². The Kier molecular flexibility index (Phi) is 4.25. The molecule has 0 fully saturated rings. The second kappa shape index (κ2) is 6.73. The standard InChI is InChI=1S/C22H21N3O5/c1-2-22(28)15-10-17-18-13(9-12-5-3-4-6-16(12)24-18)20(29-8-7-23)25(17)19(26)14(15)11-30-21(22)27/h3-6,9-10,20,28H,2,7-8,11,23H2,1H3/t20?,22-/m0/s1. The van der Waals surface area contributed by atoms with Crippen molar-refractivity contribution >= 4 is 16.9 Å². The molecule has 0 amide bonds. The number of nitrogens with two attached hydrogens (primary N) is 1. The quantitative estimate of drug-likeness (QED) is 0.630. The molecule has 8 heteroatoms. The van der Waals surface area contributed by atoms with Crippen LogP contribution in [0.2, 0.25) is 0 Å². The van der Waals surface area contributed by atoms with Crippen LogP contribution in [0.1, 0.15) is 36.3 Å². The number of fused-ring (bicyclic) bond motifs is 5. The van der Waals surface area contributed by atoms with E-state index in [9.17, 15) is 14.7 Å². The van der Waals surface area contributed by atoms with Crippen molar-refractivity contribution in [2.75, 3.05) is 13.2 Å². The zero-order chi connectivity index (χ0) is 21.0. The number of carbonyl (C=O) groups excluding carboxylic acids is 1. The lowest BCUT2D eigenvalue weighted by Gasteiger charge is -2.32. The fraction of sp³-hybridized carbons (Fsp3) is 0.318. The summed E-state index contributed by atoms with van der Waals surface area (Å²) >= 11 is 0. The van der Waals surface area contributed by atoms with E-state index in [4.69, 9.17) is 20.2 Å². The van der Waals surface area contributed by atoms with E-state index in [0.717, 1.165) is 16.5 Å². The molecule has 2 aliphatic rings. The Hall–Kier alpha value is -3.07. The Bertz CT molecular complexity index is 1250. The maximum Gasteiger partial charge on any atom is 0.343 e. The van der Waals surface area contributed by atoms with E-state index in [-0.39, 0.29) is 36.3 Å². The summed E-state index contributed by atoms with van der Waals surface area (Å²) in [6, 6.07) is 11.3. The zero-order valence-electron chi connectivity index (χ0n) is 16.4. The van der Waals surface area contributed by atoms with Gasteiger partial charge < -0.3 is 20.3 Å². The highest BCUT2D eigenvalue weighted by Gasteiger charge is 2.46. The molecule has 0 radical (unpaired) electrons. The van der Waals surface area contributed by atoms with Gasteiger partial charge in [-0.25, -0.2) is 9.78 Å². The van der Waals surface area contributed by atoms with E-state index >= 15 is 0 Å². The van der Waals surface area contributed by atoms with Gasteiger partial charge in [-0.3, -0.25) is 9.36 Å². The summed E-state index contributed by atoms with van der Waals surface area (Å²) in [4.78, 5) is 30.6. The van der Waals surface area contributed by atoms with Crippen molar-refractivity contribution in [3.63, 3.8) is 0 Å². The summed E-state index contributed by atoms with van der Waals surface area (Å²) in [5, 5.41) is 11.9. The van der Waals surface area contributed by atoms with Crippen LogP contribution >= 0.6 is 0 Å². The van der Waals surface area contributed by atoms with E-state index in [0.29, 0.717) is 17.9 Å². The number of hydrogen-bond donors (Lipinski definition) is 2. The second-order valence-electron chi connectivity index (χ2n) is 7.52. The first-order valence-corrected chi connectivity index (χ1v) is 9.89. The summed E-state index contributed by atoms with van der Waals surface area (Å²) in [6.45, 7) is 2.04. The fourth-order valence-corrected chi connectivity index (χ4v) is 4.30. The number of nitrogens with zero attached hydrogens (tertiary/aromatic N) is 2. The van der Waals surface area contributed by atoms with Gasteiger partial charge in [0.1, 0.15) is 6.61 Å². The van der Waals surface area contributed by atoms with Crippen LogP contribution in [0.5, 0.6) is 0 Å². The first-order valence-electron chi connectivity index (χ1n) is 9.89. The SMILES string of the molecule is CC[C@@]1(O)C(=O)OCc2c1cc1n(c2=O)C(OCCN)c2cc3ccccc3nc2-1. The molecule has 0 bridgehead atoms. The van der Waals surface area contributed by atoms with E-state index < -0.39 is 17.8 Å². The van der Waals surface area contributed by atoms with Crippen LogP contribution < -0.4 is 11.3 Å². The van der Waals surface area contributed by atoms with Gasteiger partial charge in [0, 0.05) is 23.1 Å². The molecule has 4 heterocycles. The highest BCUT2D eigenvalue weighted by atomic mass is 16.6. The van der Waals surface area contributed by atoms with Gasteiger partial charge >= 0.3 is 5.97 Å². The smallest absolute Gasteiger partial charge is 0.343 e. The van der Waals surface area contributed by atoms with Crippen LogP contribution in [-0.4, -0.2) is 33.8 Å². The number of carbonyl (C=O) groups is 1. The molecule has 154 valence electrons. The third-order valence-electron chi connectivity index (χ3n) is 5.88. The minimum atomic E-state index is -1.87. The Morgan fingerprint density at radius 2 is 2.13 bits per heavy atom. The summed E-state index contributed by atoms with van der Waals surface area (Å²) in [7, 11) is 0. The van der Waals surface area contributed by atoms with Crippen molar-refractivity contribution in [3.05, 3.63) is 63.4 Å². The number of hydrogen-bond acceptors (Lipinski definition) is 7. The number of benzene rings is 1. The molecule has 2 atom stereocenters. The predicted octanol–water partition coefficient (Wildman–Crippen LogP) is 1.55. The number of para-hydroxylation sites is 1. The van der Waals surface area contributed by atoms with Crippen LogP contribution in [0.4, 0.5) is 0 Å². The first-order chi connectivity index (χ1) is 14.5. The average Bonchev–Trinajstić information content (AvgIpc) is 3.06. The minimum Gasteiger partial charge on any atom is -0.458 e. The van der Waals surface area contributed by atoms with E-state index in [1.54, 1.807) is 13.0 Å². The topological polar surface area (TPSA) is 117 Å². The highest BCUT2D eigenvalue weighted by Crippen LogP contribution is 2.42. The van der Waals surface area contributed by atoms with Crippen molar-refractivity contribution in [2.24, 2.45) is 5.73 Å². The predicted molar refractivity (Wildman–Crippen MR) is 109 cm³/mol. The van der Waals surface area contributed by atoms with Gasteiger partial charge in [-0.15, -0.1) is 0 Å². The maximum atomic E-state index is 13.5. The number of aromatic nitrogens is 2. The molecule has 0 saturated heterocycles. The van der Waals surface area contributed by atoms with Gasteiger partial charge in [0.05, 0.1) is 29.1 Å². The molecular formula is C22H21N3O5. The monoisotopic (exact) mass is 407 g/mol. The van der Waals surface area contributed by atoms with Gasteiger partial charge in [-0.05, 0) is 24.6 Å². The summed E-state index contributed by atoms with van der Waals surface area (Å²) in [6.07, 6.45) is -0.604. The second-order valence-corrected chi connectivity index (χ2v) is 7.52. The van der Waals surface area contributed by atoms with Crippen molar-refractivity contribution in [3.8, 4) is 11.4 Å². The Labute approximate surface area is 171 Å². The third kappa shape index (κ3) is 2.48. The lowest BCUT2D eigenvalue weighted by Crippen LogP contribution is -2.44. The minimum absolute atomic E-state index is 0.0901. The molecule has 2 aliphatic heterocycles. The Balaban J connectivity index is 1.82. The Morgan fingerprint density at radius 1 is 1.33 bits per heavy atom. The van der Waals surface area contributed by atoms with E-state index in [1.807, 2.05) is 30.3 Å². The number of rotatable bonds is 4. The lowest BCUT2D eigenvalue weighted by molar-refractivity contribution is -0.172. The van der Waals surface area contributed by atoms with Crippen molar-refractivity contribution < 1.29 is 19.4 Å². The van der Waals surface area contributed by atoms with Gasteiger partial charge in [-0.1, -0.05) is 25.1 Å². The summed E-state index contributed by atoms with van der Waals surface area (Å²) in [5.41, 5.74) is 6.54. The normalized spacial score (nSPS) is 21.8. The van der Waals surface area contributed by atoms with Crippen molar-refractivity contribution in [2.45, 2.75) is 31.8 Å². The number of cyclic esters (lactones) is 1. The first kappa shape index (κ1) is 18.9. The number of esters is 1. The highest BCUT2D eigenvalue weighted by molar-refractivity contribution is 5.86. The third-order valence-corrected chi connectivity index (χ3v) is 5.88. The molecule has 3 aromatic rings. The largest absolute Gasteiger partial charge is 0.458 e. The number of pyridine rings is 2. The number of aliphatic hydroxyl groups is 1. The molecule has 0 spiro atoms. The maximum absolute atomic E-state index is 13.5. The molecule has 1 aromatic carbocycles. The molecule has 8 nitrogen and oxygen atoms in total. The lowest BCUT2D eigenvalue weighted by atomic mass is 9.86. The van der Waals surface area contributed by atoms with Crippen LogP contribution in [0.25, 0.3) is 22.3 Å². The van der Waals surface area contributed by atoms with Crippen molar-refractivity contribution in [1.82, 2.24) is 9.55 Å². The van der Waals surface area contributed by atoms with Gasteiger partial charge in [0.15, 0.2) is 11.8 Å². The van der Waals surface area contributed by atoms with Crippen LogP contribution in [0.3, 0.4) is 0 Å². The van der Waals surface area contributed by atoms with Crippen LogP contribution in [-0.2, 0) is 26.5 Å².